The van der Waals surface area contributed by atoms with E-state index in [1.807, 2.05) is 48.2 Å². The van der Waals surface area contributed by atoms with Gasteiger partial charge in [0.2, 0.25) is 5.91 Å². The number of nitrogens with one attached hydrogen (secondary N) is 1. The molecule has 0 aromatic heterocycles. The number of nitrogens with zero attached hydrogens (tertiary/aromatic N) is 3. The van der Waals surface area contributed by atoms with Crippen LogP contribution in [0.2, 0.25) is 0 Å². The highest BCUT2D eigenvalue weighted by molar-refractivity contribution is 5.95. The molecule has 0 atom stereocenters. The first-order valence-corrected chi connectivity index (χ1v) is 9.69. The molecule has 2 saturated heterocycles. The third-order valence-corrected chi connectivity index (χ3v) is 5.98. The average molecular weight is 374 g/mol. The summed E-state index contributed by atoms with van der Waals surface area (Å²) in [5, 5.41) is 12.1. The van der Waals surface area contributed by atoms with Crippen molar-refractivity contribution in [2.75, 3.05) is 58.3 Å². The SMILES string of the molecule is CN(CCO)c1ccc(C(=O)N2CCC3(CC2)C(=O)NCCCN3C)cc1. The van der Waals surface area contributed by atoms with Crippen molar-refractivity contribution >= 4 is 17.5 Å². The zero-order chi connectivity index (χ0) is 19.4. The lowest BCUT2D eigenvalue weighted by atomic mass is 9.85. The molecule has 0 saturated carbocycles. The summed E-state index contributed by atoms with van der Waals surface area (Å²) in [4.78, 5) is 31.5. The van der Waals surface area contributed by atoms with Crippen LogP contribution in [-0.2, 0) is 4.79 Å². The molecular weight excluding hydrogens is 344 g/mol. The van der Waals surface area contributed by atoms with E-state index >= 15 is 0 Å². The Bertz CT molecular complexity index is 668. The molecule has 2 aliphatic heterocycles. The van der Waals surface area contributed by atoms with Crippen LogP contribution in [0.4, 0.5) is 5.69 Å². The molecule has 2 N–H and O–H groups in total. The second kappa shape index (κ2) is 8.27. The fourth-order valence-electron chi connectivity index (χ4n) is 4.08. The van der Waals surface area contributed by atoms with Crippen molar-refractivity contribution in [3.8, 4) is 0 Å². The normalized spacial score (nSPS) is 20.3. The maximum Gasteiger partial charge on any atom is 0.253 e. The van der Waals surface area contributed by atoms with E-state index in [-0.39, 0.29) is 18.4 Å². The number of piperidine rings is 1. The highest BCUT2D eigenvalue weighted by atomic mass is 16.3. The quantitative estimate of drug-likeness (QED) is 0.805. The number of carbonyl (C=O) groups is 2. The molecule has 0 bridgehead atoms. The van der Waals surface area contributed by atoms with E-state index in [1.54, 1.807) is 0 Å². The Balaban J connectivity index is 1.65. The van der Waals surface area contributed by atoms with Crippen molar-refractivity contribution in [3.05, 3.63) is 29.8 Å². The van der Waals surface area contributed by atoms with E-state index in [2.05, 4.69) is 10.2 Å². The van der Waals surface area contributed by atoms with Gasteiger partial charge in [-0.3, -0.25) is 14.5 Å². The first-order valence-electron chi connectivity index (χ1n) is 9.69. The summed E-state index contributed by atoms with van der Waals surface area (Å²) in [6, 6.07) is 7.47. The zero-order valence-corrected chi connectivity index (χ0v) is 16.3. The molecule has 1 spiro atoms. The van der Waals surface area contributed by atoms with Crippen LogP contribution in [0.3, 0.4) is 0 Å². The van der Waals surface area contributed by atoms with E-state index in [4.69, 9.17) is 5.11 Å². The predicted octanol–water partition coefficient (Wildman–Crippen LogP) is 0.542. The molecule has 27 heavy (non-hydrogen) atoms. The van der Waals surface area contributed by atoms with Crippen LogP contribution in [0, 0.1) is 0 Å². The Hall–Kier alpha value is -2.12. The van der Waals surface area contributed by atoms with E-state index in [0.717, 1.165) is 25.2 Å². The summed E-state index contributed by atoms with van der Waals surface area (Å²) in [7, 11) is 3.93. The first kappa shape index (κ1) is 19.6. The van der Waals surface area contributed by atoms with Gasteiger partial charge in [0.05, 0.1) is 6.61 Å². The van der Waals surface area contributed by atoms with Crippen molar-refractivity contribution < 1.29 is 14.7 Å². The van der Waals surface area contributed by atoms with Gasteiger partial charge in [-0.25, -0.2) is 0 Å². The average Bonchev–Trinajstić information content (AvgIpc) is 2.82. The standard InChI is InChI=1S/C20H30N4O3/c1-22(14-15-25)17-6-4-16(5-7-17)18(26)24-12-8-20(9-13-24)19(27)21-10-3-11-23(20)2/h4-7,25H,3,8-15H2,1-2H3,(H,21,27). The van der Waals surface area contributed by atoms with Gasteiger partial charge in [0, 0.05) is 51.0 Å². The molecule has 0 radical (unpaired) electrons. The number of anilines is 1. The number of likely N-dealkylation sites (N-methyl/N-ethyl adjacent to an activating group) is 2. The Morgan fingerprint density at radius 3 is 2.52 bits per heavy atom. The van der Waals surface area contributed by atoms with Crippen LogP contribution in [0.15, 0.2) is 24.3 Å². The van der Waals surface area contributed by atoms with E-state index in [0.29, 0.717) is 38.0 Å². The van der Waals surface area contributed by atoms with Gasteiger partial charge in [-0.15, -0.1) is 0 Å². The van der Waals surface area contributed by atoms with Crippen LogP contribution < -0.4 is 10.2 Å². The fourth-order valence-corrected chi connectivity index (χ4v) is 4.08. The van der Waals surface area contributed by atoms with Gasteiger partial charge in [-0.1, -0.05) is 0 Å². The maximum absolute atomic E-state index is 12.9. The number of likely N-dealkylation sites (tertiary alicyclic amines) is 1. The molecule has 7 heteroatoms. The van der Waals surface area contributed by atoms with Crippen LogP contribution in [0.5, 0.6) is 0 Å². The van der Waals surface area contributed by atoms with Crippen LogP contribution in [0.25, 0.3) is 0 Å². The van der Waals surface area contributed by atoms with E-state index < -0.39 is 5.54 Å². The van der Waals surface area contributed by atoms with E-state index in [9.17, 15) is 9.59 Å². The number of aliphatic hydroxyl groups is 1. The monoisotopic (exact) mass is 374 g/mol. The van der Waals surface area contributed by atoms with Crippen LogP contribution in [0.1, 0.15) is 29.6 Å². The highest BCUT2D eigenvalue weighted by Gasteiger charge is 2.46. The van der Waals surface area contributed by atoms with Gasteiger partial charge in [-0.05, 0) is 50.6 Å². The summed E-state index contributed by atoms with van der Waals surface area (Å²) in [5.41, 5.74) is 1.14. The minimum atomic E-state index is -0.482. The zero-order valence-electron chi connectivity index (χ0n) is 16.3. The lowest BCUT2D eigenvalue weighted by Gasteiger charge is -2.45. The minimum Gasteiger partial charge on any atom is -0.395 e. The highest BCUT2D eigenvalue weighted by Crippen LogP contribution is 2.30. The molecule has 0 unspecified atom stereocenters. The summed E-state index contributed by atoms with van der Waals surface area (Å²) in [6.07, 6.45) is 2.29. The molecule has 3 rings (SSSR count). The van der Waals surface area contributed by atoms with Crippen molar-refractivity contribution in [2.24, 2.45) is 0 Å². The Kier molecular flexibility index (Phi) is 6.01. The molecule has 7 nitrogen and oxygen atoms in total. The number of hydrogen-bond donors (Lipinski definition) is 2. The van der Waals surface area contributed by atoms with Gasteiger partial charge in [-0.2, -0.15) is 0 Å². The lowest BCUT2D eigenvalue weighted by Crippen LogP contribution is -2.61. The largest absolute Gasteiger partial charge is 0.395 e. The van der Waals surface area contributed by atoms with Gasteiger partial charge < -0.3 is 20.2 Å². The number of rotatable bonds is 4. The number of hydrogen-bond acceptors (Lipinski definition) is 5. The Labute approximate surface area is 160 Å². The Morgan fingerprint density at radius 1 is 1.22 bits per heavy atom. The molecule has 2 fully saturated rings. The van der Waals surface area contributed by atoms with Gasteiger partial charge >= 0.3 is 0 Å². The van der Waals surface area contributed by atoms with Crippen LogP contribution >= 0.6 is 0 Å². The fraction of sp³-hybridized carbons (Fsp3) is 0.600. The van der Waals surface area contributed by atoms with Gasteiger partial charge in [0.25, 0.3) is 5.91 Å². The third kappa shape index (κ3) is 3.94. The second-order valence-corrected chi connectivity index (χ2v) is 7.55. The molecule has 2 heterocycles. The molecule has 0 aliphatic carbocycles. The molecule has 1 aromatic carbocycles. The molecule has 148 valence electrons. The summed E-state index contributed by atoms with van der Waals surface area (Å²) < 4.78 is 0. The minimum absolute atomic E-state index is 0.0119. The third-order valence-electron chi connectivity index (χ3n) is 5.98. The van der Waals surface area contributed by atoms with Gasteiger partial charge in [0.1, 0.15) is 5.54 Å². The number of aliphatic hydroxyl groups excluding tert-OH is 1. The number of benzene rings is 1. The topological polar surface area (TPSA) is 76.1 Å². The second-order valence-electron chi connectivity index (χ2n) is 7.55. The summed E-state index contributed by atoms with van der Waals surface area (Å²) in [5.74, 6) is 0.115. The van der Waals surface area contributed by atoms with E-state index in [1.165, 1.54) is 0 Å². The van der Waals surface area contributed by atoms with Crippen molar-refractivity contribution in [2.45, 2.75) is 24.8 Å². The van der Waals surface area contributed by atoms with Crippen molar-refractivity contribution in [1.29, 1.82) is 0 Å². The summed E-state index contributed by atoms with van der Waals surface area (Å²) in [6.45, 7) is 3.44. The first-order chi connectivity index (χ1) is 13.0. The number of amides is 2. The molecular formula is C20H30N4O3. The molecule has 2 amide bonds. The predicted molar refractivity (Wildman–Crippen MR) is 105 cm³/mol. The van der Waals surface area contributed by atoms with Crippen molar-refractivity contribution in [3.63, 3.8) is 0 Å². The lowest BCUT2D eigenvalue weighted by molar-refractivity contribution is -0.134. The van der Waals surface area contributed by atoms with Gasteiger partial charge in [0.15, 0.2) is 0 Å². The van der Waals surface area contributed by atoms with Crippen molar-refractivity contribution in [1.82, 2.24) is 15.1 Å². The van der Waals surface area contributed by atoms with Crippen LogP contribution in [-0.4, -0.2) is 85.7 Å². The summed E-state index contributed by atoms with van der Waals surface area (Å²) >= 11 is 0. The Morgan fingerprint density at radius 2 is 1.89 bits per heavy atom. The molecule has 2 aliphatic rings. The smallest absolute Gasteiger partial charge is 0.253 e. The number of carbonyl (C=O) groups excluding carboxylic acids is 2. The molecule has 1 aromatic rings. The maximum atomic E-state index is 12.9.